The zero-order valence-electron chi connectivity index (χ0n) is 13.1. The van der Waals surface area contributed by atoms with Crippen LogP contribution in [0.2, 0.25) is 0 Å². The van der Waals surface area contributed by atoms with Crippen molar-refractivity contribution in [2.24, 2.45) is 11.7 Å². The average Bonchev–Trinajstić information content (AvgIpc) is 2.43. The van der Waals surface area contributed by atoms with Crippen molar-refractivity contribution >= 4 is 5.91 Å². The molecular weight excluding hydrogens is 262 g/mol. The number of rotatable bonds is 6. The van der Waals surface area contributed by atoms with E-state index in [1.54, 1.807) is 0 Å². The molecule has 3 N–H and O–H groups in total. The van der Waals surface area contributed by atoms with E-state index in [-0.39, 0.29) is 5.91 Å². The van der Waals surface area contributed by atoms with E-state index in [2.05, 4.69) is 31.0 Å². The first-order valence-electron chi connectivity index (χ1n) is 7.24. The molecule has 0 saturated heterocycles. The minimum atomic E-state index is 0.0604. The second kappa shape index (κ2) is 9.17. The predicted octanol–water partition coefficient (Wildman–Crippen LogP) is 1.20. The number of nitrogens with two attached hydrogens (primary N) is 1. The molecule has 0 aromatic heterocycles. The van der Waals surface area contributed by atoms with Gasteiger partial charge >= 0.3 is 0 Å². The molecule has 0 heterocycles. The maximum absolute atomic E-state index is 11.8. The largest absolute Gasteiger partial charge is 0.355 e. The molecule has 114 valence electrons. The van der Waals surface area contributed by atoms with Crippen LogP contribution in [0.15, 0.2) is 24.3 Å². The normalized spacial score (nSPS) is 10.4. The van der Waals surface area contributed by atoms with Crippen LogP contribution in [0.5, 0.6) is 0 Å². The monoisotopic (exact) mass is 287 g/mol. The van der Waals surface area contributed by atoms with Crippen LogP contribution in [0.25, 0.3) is 0 Å². The zero-order chi connectivity index (χ0) is 15.7. The van der Waals surface area contributed by atoms with Crippen LogP contribution in [0.4, 0.5) is 0 Å². The van der Waals surface area contributed by atoms with Crippen molar-refractivity contribution in [2.45, 2.75) is 20.4 Å². The molecule has 4 heteroatoms. The molecule has 0 atom stereocenters. The highest BCUT2D eigenvalue weighted by molar-refractivity contribution is 5.77. The van der Waals surface area contributed by atoms with Crippen LogP contribution in [-0.4, -0.2) is 37.5 Å². The second-order valence-electron chi connectivity index (χ2n) is 5.58. The van der Waals surface area contributed by atoms with Gasteiger partial charge in [0.2, 0.25) is 5.91 Å². The molecule has 0 unspecified atom stereocenters. The molecule has 1 amide bonds. The van der Waals surface area contributed by atoms with Crippen LogP contribution < -0.4 is 11.1 Å². The predicted molar refractivity (Wildman–Crippen MR) is 86.6 cm³/mol. The van der Waals surface area contributed by atoms with Gasteiger partial charge in [-0.15, -0.1) is 0 Å². The second-order valence-corrected chi connectivity index (χ2v) is 5.58. The number of nitrogens with zero attached hydrogens (tertiary/aromatic N) is 1. The van der Waals surface area contributed by atoms with Crippen molar-refractivity contribution < 1.29 is 4.79 Å². The maximum atomic E-state index is 11.8. The van der Waals surface area contributed by atoms with Gasteiger partial charge in [0.15, 0.2) is 0 Å². The van der Waals surface area contributed by atoms with Crippen LogP contribution in [0, 0.1) is 17.8 Å². The Labute approximate surface area is 127 Å². The van der Waals surface area contributed by atoms with Crippen LogP contribution >= 0.6 is 0 Å². The summed E-state index contributed by atoms with van der Waals surface area (Å²) < 4.78 is 0. The maximum Gasteiger partial charge on any atom is 0.234 e. The first-order valence-corrected chi connectivity index (χ1v) is 7.24. The first-order chi connectivity index (χ1) is 10.0. The number of carbonyl (C=O) groups excluding carboxylic acids is 1. The molecule has 0 aliphatic rings. The molecule has 1 aromatic rings. The number of nitrogens with one attached hydrogen (secondary N) is 1. The Morgan fingerprint density at radius 1 is 1.43 bits per heavy atom. The minimum absolute atomic E-state index is 0.0604. The summed E-state index contributed by atoms with van der Waals surface area (Å²) in [5, 5.41) is 2.92. The van der Waals surface area contributed by atoms with E-state index >= 15 is 0 Å². The van der Waals surface area contributed by atoms with E-state index in [1.807, 2.05) is 36.2 Å². The van der Waals surface area contributed by atoms with Crippen molar-refractivity contribution in [3.63, 3.8) is 0 Å². The van der Waals surface area contributed by atoms with Gasteiger partial charge in [-0.3, -0.25) is 9.69 Å². The number of hydrogen-bond donors (Lipinski definition) is 2. The lowest BCUT2D eigenvalue weighted by Gasteiger charge is -2.17. The SMILES string of the molecule is CC(C)CNC(=O)CN(C)Cc1cccc(C#CCN)c1. The van der Waals surface area contributed by atoms with E-state index in [4.69, 9.17) is 5.73 Å². The Bertz CT molecular complexity index is 514. The lowest BCUT2D eigenvalue weighted by molar-refractivity contribution is -0.122. The quantitative estimate of drug-likeness (QED) is 0.773. The Morgan fingerprint density at radius 2 is 2.19 bits per heavy atom. The number of benzene rings is 1. The highest BCUT2D eigenvalue weighted by atomic mass is 16.2. The molecule has 21 heavy (non-hydrogen) atoms. The summed E-state index contributed by atoms with van der Waals surface area (Å²) in [6.45, 7) is 6.35. The third-order valence-electron chi connectivity index (χ3n) is 2.84. The Morgan fingerprint density at radius 3 is 2.86 bits per heavy atom. The Balaban J connectivity index is 2.50. The molecule has 0 aliphatic heterocycles. The van der Waals surface area contributed by atoms with Gasteiger partial charge in [0.25, 0.3) is 0 Å². The Hall–Kier alpha value is -1.83. The number of amides is 1. The van der Waals surface area contributed by atoms with Crippen molar-refractivity contribution in [3.8, 4) is 11.8 Å². The number of carbonyl (C=O) groups is 1. The van der Waals surface area contributed by atoms with E-state index in [0.717, 1.165) is 17.7 Å². The van der Waals surface area contributed by atoms with E-state index in [0.29, 0.717) is 25.6 Å². The van der Waals surface area contributed by atoms with Gasteiger partial charge in [0, 0.05) is 18.7 Å². The van der Waals surface area contributed by atoms with Crippen LogP contribution in [-0.2, 0) is 11.3 Å². The molecule has 0 aliphatic carbocycles. The van der Waals surface area contributed by atoms with Crippen molar-refractivity contribution in [2.75, 3.05) is 26.7 Å². The van der Waals surface area contributed by atoms with Gasteiger partial charge < -0.3 is 11.1 Å². The lowest BCUT2D eigenvalue weighted by Crippen LogP contribution is -2.36. The fraction of sp³-hybridized carbons (Fsp3) is 0.471. The number of hydrogen-bond acceptors (Lipinski definition) is 3. The third-order valence-corrected chi connectivity index (χ3v) is 2.84. The average molecular weight is 287 g/mol. The highest BCUT2D eigenvalue weighted by Crippen LogP contribution is 2.06. The van der Waals surface area contributed by atoms with Gasteiger partial charge in [-0.2, -0.15) is 0 Å². The zero-order valence-corrected chi connectivity index (χ0v) is 13.1. The molecule has 0 saturated carbocycles. The van der Waals surface area contributed by atoms with E-state index < -0.39 is 0 Å². The molecule has 1 aromatic carbocycles. The molecule has 1 rings (SSSR count). The van der Waals surface area contributed by atoms with Gasteiger partial charge in [-0.25, -0.2) is 0 Å². The summed E-state index contributed by atoms with van der Waals surface area (Å²) in [5.41, 5.74) is 7.46. The summed E-state index contributed by atoms with van der Waals surface area (Å²) in [6, 6.07) is 8.01. The fourth-order valence-corrected chi connectivity index (χ4v) is 1.89. The van der Waals surface area contributed by atoms with Crippen molar-refractivity contribution in [1.82, 2.24) is 10.2 Å². The summed E-state index contributed by atoms with van der Waals surface area (Å²) in [7, 11) is 1.94. The third kappa shape index (κ3) is 7.50. The fourth-order valence-electron chi connectivity index (χ4n) is 1.89. The highest BCUT2D eigenvalue weighted by Gasteiger charge is 2.07. The van der Waals surface area contributed by atoms with Crippen LogP contribution in [0.1, 0.15) is 25.0 Å². The molecule has 4 nitrogen and oxygen atoms in total. The van der Waals surface area contributed by atoms with Gasteiger partial charge in [0.05, 0.1) is 13.1 Å². The van der Waals surface area contributed by atoms with E-state index in [9.17, 15) is 4.79 Å². The molecule has 0 fully saturated rings. The molecular formula is C17H25N3O. The summed E-state index contributed by atoms with van der Waals surface area (Å²) >= 11 is 0. The van der Waals surface area contributed by atoms with Crippen LogP contribution in [0.3, 0.4) is 0 Å². The first kappa shape index (κ1) is 17.2. The van der Waals surface area contributed by atoms with Crippen molar-refractivity contribution in [3.05, 3.63) is 35.4 Å². The number of likely N-dealkylation sites (N-methyl/N-ethyl adjacent to an activating group) is 1. The van der Waals surface area contributed by atoms with Gasteiger partial charge in [-0.1, -0.05) is 37.8 Å². The molecule has 0 radical (unpaired) electrons. The Kier molecular flexibility index (Phi) is 7.52. The summed E-state index contributed by atoms with van der Waals surface area (Å²) in [6.07, 6.45) is 0. The lowest BCUT2D eigenvalue weighted by atomic mass is 10.1. The van der Waals surface area contributed by atoms with E-state index in [1.165, 1.54) is 0 Å². The van der Waals surface area contributed by atoms with Crippen molar-refractivity contribution in [1.29, 1.82) is 0 Å². The smallest absolute Gasteiger partial charge is 0.234 e. The summed E-state index contributed by atoms with van der Waals surface area (Å²) in [5.74, 6) is 6.39. The molecule has 0 bridgehead atoms. The minimum Gasteiger partial charge on any atom is -0.355 e. The topological polar surface area (TPSA) is 58.4 Å². The van der Waals surface area contributed by atoms with Gasteiger partial charge in [-0.05, 0) is 30.7 Å². The standard InChI is InChI=1S/C17H25N3O/c1-14(2)11-19-17(21)13-20(3)12-16-7-4-6-15(10-16)8-5-9-18/h4,6-7,10,14H,9,11-13,18H2,1-3H3,(H,19,21). The molecule has 0 spiro atoms. The summed E-state index contributed by atoms with van der Waals surface area (Å²) in [4.78, 5) is 13.8. The van der Waals surface area contributed by atoms with Gasteiger partial charge in [0.1, 0.15) is 0 Å².